The van der Waals surface area contributed by atoms with Gasteiger partial charge in [0.25, 0.3) is 15.9 Å². The predicted octanol–water partition coefficient (Wildman–Crippen LogP) is 4.27. The van der Waals surface area contributed by atoms with Crippen molar-refractivity contribution in [3.05, 3.63) is 102 Å². The first kappa shape index (κ1) is 21.0. The minimum atomic E-state index is -3.80. The van der Waals surface area contributed by atoms with E-state index in [-0.39, 0.29) is 10.5 Å². The van der Waals surface area contributed by atoms with Crippen LogP contribution in [-0.4, -0.2) is 30.7 Å². The summed E-state index contributed by atoms with van der Waals surface area (Å²) in [5.74, 6) is -0.0496. The molecule has 0 radical (unpaired) electrons. The maximum absolute atomic E-state index is 13.4. The molecule has 8 heteroatoms. The third-order valence-corrected chi connectivity index (χ3v) is 7.41. The van der Waals surface area contributed by atoms with E-state index >= 15 is 0 Å². The SMILES string of the molecule is O=C(Nc1ccn(-c2ccccc2)n1)c1cccc(S(=O)(=O)N2CCCc3ccccc32)c1. The number of nitrogens with one attached hydrogen (secondary N) is 1. The lowest BCUT2D eigenvalue weighted by atomic mass is 10.0. The largest absolute Gasteiger partial charge is 0.305 e. The molecule has 1 aliphatic rings. The van der Waals surface area contributed by atoms with Crippen LogP contribution in [0.3, 0.4) is 0 Å². The summed E-state index contributed by atoms with van der Waals surface area (Å²) in [5, 5.41) is 7.12. The Hall–Kier alpha value is -3.91. The maximum atomic E-state index is 13.4. The van der Waals surface area contributed by atoms with E-state index in [2.05, 4.69) is 10.4 Å². The van der Waals surface area contributed by atoms with Gasteiger partial charge < -0.3 is 5.32 Å². The van der Waals surface area contributed by atoms with Crippen molar-refractivity contribution in [1.29, 1.82) is 0 Å². The van der Waals surface area contributed by atoms with E-state index in [1.807, 2.05) is 54.6 Å². The smallest absolute Gasteiger partial charge is 0.264 e. The number of sulfonamides is 1. The lowest BCUT2D eigenvalue weighted by Crippen LogP contribution is -2.35. The Morgan fingerprint density at radius 2 is 1.70 bits per heavy atom. The van der Waals surface area contributed by atoms with Gasteiger partial charge in [0, 0.05) is 24.4 Å². The van der Waals surface area contributed by atoms with Crippen LogP contribution in [0.5, 0.6) is 0 Å². The summed E-state index contributed by atoms with van der Waals surface area (Å²) >= 11 is 0. The molecular formula is C25H22N4O3S. The number of carbonyl (C=O) groups excluding carboxylic acids is 1. The molecule has 4 aromatic rings. The van der Waals surface area contributed by atoms with Gasteiger partial charge in [-0.05, 0) is 54.8 Å². The van der Waals surface area contributed by atoms with Gasteiger partial charge >= 0.3 is 0 Å². The molecule has 166 valence electrons. The molecule has 33 heavy (non-hydrogen) atoms. The third kappa shape index (κ3) is 4.12. The van der Waals surface area contributed by atoms with Crippen LogP contribution in [0.15, 0.2) is 96.0 Å². The zero-order valence-corrected chi connectivity index (χ0v) is 18.6. The van der Waals surface area contributed by atoms with E-state index in [0.29, 0.717) is 18.1 Å². The van der Waals surface area contributed by atoms with Crippen molar-refractivity contribution in [1.82, 2.24) is 9.78 Å². The predicted molar refractivity (Wildman–Crippen MR) is 127 cm³/mol. The fourth-order valence-corrected chi connectivity index (χ4v) is 5.56. The standard InChI is InChI=1S/C25H22N4O3S/c30-25(26-24-15-17-28(27-24)21-11-2-1-3-12-21)20-9-6-13-22(18-20)33(31,32)29-16-7-10-19-8-4-5-14-23(19)29/h1-6,8-9,11-15,17-18H,7,10,16H2,(H,26,27,30). The maximum Gasteiger partial charge on any atom is 0.264 e. The van der Waals surface area contributed by atoms with Crippen LogP contribution >= 0.6 is 0 Å². The Kier molecular flexibility index (Phi) is 5.43. The molecule has 1 amide bonds. The number of benzene rings is 3. The van der Waals surface area contributed by atoms with Crippen molar-refractivity contribution in [2.75, 3.05) is 16.2 Å². The number of amides is 1. The number of fused-ring (bicyclic) bond motifs is 1. The fraction of sp³-hybridized carbons (Fsp3) is 0.120. The van der Waals surface area contributed by atoms with E-state index in [9.17, 15) is 13.2 Å². The molecule has 5 rings (SSSR count). The zero-order chi connectivity index (χ0) is 22.8. The number of hydrogen-bond acceptors (Lipinski definition) is 4. The van der Waals surface area contributed by atoms with Gasteiger partial charge in [-0.25, -0.2) is 13.1 Å². The van der Waals surface area contributed by atoms with Gasteiger partial charge in [-0.2, -0.15) is 5.10 Å². The third-order valence-electron chi connectivity index (χ3n) is 5.60. The molecular weight excluding hydrogens is 436 g/mol. The number of para-hydroxylation sites is 2. The molecule has 0 fully saturated rings. The number of aryl methyl sites for hydroxylation is 1. The van der Waals surface area contributed by atoms with E-state index in [0.717, 1.165) is 24.1 Å². The molecule has 3 aromatic carbocycles. The van der Waals surface area contributed by atoms with Gasteiger partial charge in [-0.3, -0.25) is 9.10 Å². The fourth-order valence-electron chi connectivity index (χ4n) is 3.98. The van der Waals surface area contributed by atoms with Gasteiger partial charge in [-0.1, -0.05) is 42.5 Å². The number of aromatic nitrogens is 2. The number of anilines is 2. The number of hydrogen-bond donors (Lipinski definition) is 1. The van der Waals surface area contributed by atoms with Crippen molar-refractivity contribution >= 4 is 27.4 Å². The number of nitrogens with zero attached hydrogens (tertiary/aromatic N) is 3. The Balaban J connectivity index is 1.38. The van der Waals surface area contributed by atoms with Crippen LogP contribution in [-0.2, 0) is 16.4 Å². The lowest BCUT2D eigenvalue weighted by Gasteiger charge is -2.30. The summed E-state index contributed by atoms with van der Waals surface area (Å²) in [6, 6.07) is 24.9. The van der Waals surface area contributed by atoms with E-state index in [1.165, 1.54) is 16.4 Å². The summed E-state index contributed by atoms with van der Waals surface area (Å²) < 4.78 is 29.9. The first-order chi connectivity index (χ1) is 16.0. The van der Waals surface area contributed by atoms with Crippen molar-refractivity contribution in [2.45, 2.75) is 17.7 Å². The van der Waals surface area contributed by atoms with Crippen LogP contribution in [0, 0.1) is 0 Å². The summed E-state index contributed by atoms with van der Waals surface area (Å²) in [4.78, 5) is 12.9. The highest BCUT2D eigenvalue weighted by atomic mass is 32.2. The van der Waals surface area contributed by atoms with Gasteiger partial charge in [0.15, 0.2) is 5.82 Å². The number of carbonyl (C=O) groups is 1. The van der Waals surface area contributed by atoms with Crippen molar-refractivity contribution < 1.29 is 13.2 Å². The van der Waals surface area contributed by atoms with Crippen LogP contribution in [0.1, 0.15) is 22.3 Å². The molecule has 0 aliphatic carbocycles. The Morgan fingerprint density at radius 3 is 2.55 bits per heavy atom. The highest BCUT2D eigenvalue weighted by Crippen LogP contribution is 2.32. The summed E-state index contributed by atoms with van der Waals surface area (Å²) in [6.45, 7) is 0.409. The lowest BCUT2D eigenvalue weighted by molar-refractivity contribution is 0.102. The molecule has 1 aromatic heterocycles. The van der Waals surface area contributed by atoms with Crippen molar-refractivity contribution in [3.63, 3.8) is 0 Å². The highest BCUT2D eigenvalue weighted by Gasteiger charge is 2.29. The van der Waals surface area contributed by atoms with E-state index < -0.39 is 15.9 Å². The second-order valence-corrected chi connectivity index (χ2v) is 9.63. The first-order valence-corrected chi connectivity index (χ1v) is 12.1. The van der Waals surface area contributed by atoms with Crippen LogP contribution < -0.4 is 9.62 Å². The Labute approximate surface area is 192 Å². The van der Waals surface area contributed by atoms with E-state index in [1.54, 1.807) is 29.1 Å². The van der Waals surface area contributed by atoms with Crippen molar-refractivity contribution in [3.8, 4) is 5.69 Å². The molecule has 0 saturated heterocycles. The molecule has 0 atom stereocenters. The second kappa shape index (κ2) is 8.55. The molecule has 7 nitrogen and oxygen atoms in total. The van der Waals surface area contributed by atoms with Crippen LogP contribution in [0.25, 0.3) is 5.69 Å². The molecule has 1 aliphatic heterocycles. The van der Waals surface area contributed by atoms with Gasteiger partial charge in [0.1, 0.15) is 0 Å². The minimum Gasteiger partial charge on any atom is -0.305 e. The molecule has 1 N–H and O–H groups in total. The van der Waals surface area contributed by atoms with Crippen LogP contribution in [0.4, 0.5) is 11.5 Å². The quantitative estimate of drug-likeness (QED) is 0.484. The van der Waals surface area contributed by atoms with Crippen LogP contribution in [0.2, 0.25) is 0 Å². The average Bonchev–Trinajstić information content (AvgIpc) is 3.33. The highest BCUT2D eigenvalue weighted by molar-refractivity contribution is 7.92. The normalized spacial score (nSPS) is 13.4. The molecule has 0 unspecified atom stereocenters. The van der Waals surface area contributed by atoms with E-state index in [4.69, 9.17) is 0 Å². The second-order valence-electron chi connectivity index (χ2n) is 7.77. The summed E-state index contributed by atoms with van der Waals surface area (Å²) in [5.41, 5.74) is 2.82. The topological polar surface area (TPSA) is 84.3 Å². The summed E-state index contributed by atoms with van der Waals surface area (Å²) in [7, 11) is -3.80. The monoisotopic (exact) mass is 458 g/mol. The average molecular weight is 459 g/mol. The Morgan fingerprint density at radius 1 is 0.909 bits per heavy atom. The molecule has 0 spiro atoms. The number of rotatable bonds is 5. The molecule has 2 heterocycles. The van der Waals surface area contributed by atoms with Gasteiger partial charge in [0.05, 0.1) is 16.3 Å². The first-order valence-electron chi connectivity index (χ1n) is 10.7. The minimum absolute atomic E-state index is 0.0849. The molecule has 0 bridgehead atoms. The summed E-state index contributed by atoms with van der Waals surface area (Å²) in [6.07, 6.45) is 3.35. The van der Waals surface area contributed by atoms with Crippen molar-refractivity contribution in [2.24, 2.45) is 0 Å². The van der Waals surface area contributed by atoms with Gasteiger partial charge in [-0.15, -0.1) is 0 Å². The Bertz CT molecular complexity index is 1410. The zero-order valence-electron chi connectivity index (χ0n) is 17.8. The van der Waals surface area contributed by atoms with Gasteiger partial charge in [0.2, 0.25) is 0 Å². The molecule has 0 saturated carbocycles.